The molecule has 0 amide bonds. The van der Waals surface area contributed by atoms with Gasteiger partial charge in [0.1, 0.15) is 52.4 Å². The van der Waals surface area contributed by atoms with Crippen LogP contribution in [0.2, 0.25) is 0 Å². The summed E-state index contributed by atoms with van der Waals surface area (Å²) < 4.78 is 62.6. The van der Waals surface area contributed by atoms with Gasteiger partial charge in [-0.3, -0.25) is 47.9 Å². The van der Waals surface area contributed by atoms with E-state index in [1.807, 2.05) is 96.9 Å². The molecule has 138 heavy (non-hydrogen) atoms. The molecule has 26 rings (SSSR count). The van der Waals surface area contributed by atoms with Gasteiger partial charge in [-0.1, -0.05) is 83.1 Å². The molecule has 4 aliphatic heterocycles. The number of methoxy groups -OCH3 is 1. The molecule has 2 N–H and O–H groups in total. The summed E-state index contributed by atoms with van der Waals surface area (Å²) in [7, 11) is 1.31. The van der Waals surface area contributed by atoms with Crippen LogP contribution in [0.3, 0.4) is 0 Å². The van der Waals surface area contributed by atoms with Crippen LogP contribution in [-0.2, 0) is 100 Å². The van der Waals surface area contributed by atoms with Crippen LogP contribution in [0.15, 0.2) is 0 Å². The van der Waals surface area contributed by atoms with E-state index >= 15 is 0 Å². The summed E-state index contributed by atoms with van der Waals surface area (Å²) in [5.74, 6) is 13.7. The van der Waals surface area contributed by atoms with Gasteiger partial charge in [-0.15, -0.1) is 0 Å². The van der Waals surface area contributed by atoms with Gasteiger partial charge >= 0.3 is 59.7 Å². The molecule has 23 heteroatoms. The average molecular weight is 1930 g/mol. The maximum atomic E-state index is 12.7. The fraction of sp³-hybridized carbons (Fsp3) is 0.913. The summed E-state index contributed by atoms with van der Waals surface area (Å²) in [6, 6.07) is 0. The number of rotatable bonds is 24. The number of carbonyl (C=O) groups is 10. The monoisotopic (exact) mass is 1930 g/mol. The van der Waals surface area contributed by atoms with Crippen LogP contribution in [-0.4, -0.2) is 153 Å². The Hall–Kier alpha value is -5.42. The molecule has 4 saturated heterocycles. The van der Waals surface area contributed by atoms with Crippen LogP contribution in [0.25, 0.3) is 0 Å². The summed E-state index contributed by atoms with van der Waals surface area (Å²) in [6.45, 7) is 42.2. The molecule has 0 radical (unpaired) electrons. The van der Waals surface area contributed by atoms with Crippen molar-refractivity contribution >= 4 is 59.7 Å². The van der Waals surface area contributed by atoms with Gasteiger partial charge in [0.05, 0.1) is 76.0 Å². The number of hydrogen-bond donors (Lipinski definition) is 2. The molecule has 23 nitrogen and oxygen atoms in total. The van der Waals surface area contributed by atoms with Gasteiger partial charge in [-0.2, -0.15) is 0 Å². The van der Waals surface area contributed by atoms with E-state index < -0.39 is 58.1 Å². The van der Waals surface area contributed by atoms with Crippen molar-refractivity contribution in [1.82, 2.24) is 0 Å². The summed E-state index contributed by atoms with van der Waals surface area (Å²) in [6.07, 6.45) is 38.0. The fourth-order valence-corrected chi connectivity index (χ4v) is 34.4. The van der Waals surface area contributed by atoms with Crippen molar-refractivity contribution in [3.05, 3.63) is 0 Å². The SMILES string of the molecule is CCC(C)(C)C(=O)OC1(C)C2CC3CC(C2)CC1C3.CCC(C)(C)C(=O)OC1(CC)CC2CC1C1C3CCC(C3)C21.CCC(C)(C)C(=O)OC1C2CC3C(=O)OC1C3O2.CCC(C)(C)C(=O)OC1C2CC3CC(C2)CC1(O)C3.CCC(C)C(=O)OC1(CC)CC2CC1C1C3CCC(C3)C21.CCC(C)C(=O)OC12CC3CC(CC(O)(C3)C1)C2.CCC(C)C(=O)OC1C2CC3C1OC(=O)C3C2C(=O)OC. The molecule has 33 atom stereocenters. The van der Waals surface area contributed by atoms with Crippen LogP contribution in [0.1, 0.15) is 383 Å². The molecule has 776 valence electrons. The molecule has 0 aromatic heterocycles. The highest BCUT2D eigenvalue weighted by Crippen LogP contribution is 2.74. The van der Waals surface area contributed by atoms with Crippen molar-refractivity contribution in [2.45, 2.75) is 459 Å². The lowest BCUT2D eigenvalue weighted by atomic mass is 9.50. The van der Waals surface area contributed by atoms with Gasteiger partial charge in [0, 0.05) is 30.1 Å². The van der Waals surface area contributed by atoms with Gasteiger partial charge in [0.15, 0.2) is 12.2 Å². The van der Waals surface area contributed by atoms with Gasteiger partial charge < -0.3 is 62.3 Å². The molecular weight excluding hydrogens is 1750 g/mol. The molecule has 22 aliphatic carbocycles. The zero-order chi connectivity index (χ0) is 99.5. The van der Waals surface area contributed by atoms with Crippen molar-refractivity contribution in [2.75, 3.05) is 7.11 Å². The fourth-order valence-electron chi connectivity index (χ4n) is 34.4. The summed E-state index contributed by atoms with van der Waals surface area (Å²) >= 11 is 0. The first-order valence-corrected chi connectivity index (χ1v) is 56.2. The summed E-state index contributed by atoms with van der Waals surface area (Å²) in [5, 5.41) is 21.5. The molecule has 26 fully saturated rings. The van der Waals surface area contributed by atoms with Crippen LogP contribution in [0.5, 0.6) is 0 Å². The van der Waals surface area contributed by atoms with Crippen molar-refractivity contribution in [3.8, 4) is 0 Å². The third-order valence-corrected chi connectivity index (χ3v) is 43.5. The van der Waals surface area contributed by atoms with Crippen molar-refractivity contribution in [3.63, 3.8) is 0 Å². The van der Waals surface area contributed by atoms with E-state index in [1.165, 1.54) is 110 Å². The van der Waals surface area contributed by atoms with Crippen LogP contribution >= 0.6 is 0 Å². The predicted octanol–water partition coefficient (Wildman–Crippen LogP) is 21.0. The number of aliphatic hydroxyl groups is 2. The van der Waals surface area contributed by atoms with E-state index in [2.05, 4.69) is 41.5 Å². The maximum absolute atomic E-state index is 12.7. The lowest BCUT2D eigenvalue weighted by Crippen LogP contribution is -2.62. The molecule has 24 bridgehead atoms. The molecule has 26 aliphatic rings. The third-order valence-electron chi connectivity index (χ3n) is 43.5. The van der Waals surface area contributed by atoms with Crippen molar-refractivity contribution in [2.24, 2.45) is 193 Å². The topological polar surface area (TPSA) is 313 Å². The first kappa shape index (κ1) is 104. The van der Waals surface area contributed by atoms with Crippen LogP contribution in [0, 0.1) is 193 Å². The quantitative estimate of drug-likeness (QED) is 0.0515. The van der Waals surface area contributed by atoms with E-state index in [1.54, 1.807) is 6.92 Å². The highest BCUT2D eigenvalue weighted by Gasteiger charge is 2.74. The minimum atomic E-state index is -0.728. The molecular formula is C115H178O23. The molecule has 0 aromatic carbocycles. The van der Waals surface area contributed by atoms with Crippen molar-refractivity contribution < 1.29 is 110 Å². The van der Waals surface area contributed by atoms with E-state index in [0.717, 1.165) is 174 Å². The minimum Gasteiger partial charge on any atom is -0.469 e. The Balaban J connectivity index is 0.000000112. The Morgan fingerprint density at radius 3 is 1.34 bits per heavy atom. The third kappa shape index (κ3) is 18.7. The molecule has 0 aromatic rings. The zero-order valence-corrected chi connectivity index (χ0v) is 88.4. The lowest BCUT2D eigenvalue weighted by Gasteiger charge is -2.59. The number of ether oxygens (including phenoxy) is 11. The molecule has 22 saturated carbocycles. The lowest BCUT2D eigenvalue weighted by molar-refractivity contribution is -0.227. The predicted molar refractivity (Wildman–Crippen MR) is 516 cm³/mol. The van der Waals surface area contributed by atoms with E-state index in [9.17, 15) is 58.2 Å². The second-order valence-corrected chi connectivity index (χ2v) is 53.0. The highest BCUT2D eigenvalue weighted by molar-refractivity contribution is 5.87. The minimum absolute atomic E-state index is 0.0185. The Bertz CT molecular complexity index is 4440. The van der Waals surface area contributed by atoms with Crippen molar-refractivity contribution in [1.29, 1.82) is 0 Å². The number of esters is 10. The van der Waals surface area contributed by atoms with Gasteiger partial charge in [0.2, 0.25) is 0 Å². The average Bonchev–Trinajstić information content (AvgIpc) is 1.53. The van der Waals surface area contributed by atoms with E-state index in [-0.39, 0.29) is 147 Å². The second kappa shape index (κ2) is 38.8. The standard InChI is InChI=1S/C20H32O2.C19H30O2.C17H28O2.C16H26O3.C15H20O6.C15H24O3.C13H18O5/c1-5-19(3,4)18(21)22-20(6-2)11-14-10-15(20)17-13-8-7-12(9-13)16(14)17;1-4-11(3)18(20)21-19(5-2)10-14-9-15(19)17-13-7-6-12(8-13)16(14)17;1-5-16(2,3)15(18)19-17(4)13-7-11-6-12(9-13)10-14(17)8-11;1-4-15(2,3)14(17)19-13-12-6-10-5-11(7-12)9-16(13,18)8-10;1-4-6(2)13(16)20-11-7-5-8-10(9(7)14(17)19-3)15(18)21-12(8)11;1-3-10(2)13(16)18-15-7-11-4-12(8-15)6-14(17,5-11)9-15;1-4-13(2,3)12(15)18-9-7-5-6-8(16-7)10(9)17-11(6)14/h12-17H,5-11H2,1-4H3;11-17H,4-10H2,1-3H3;11-14H,5-10H2,1-4H3;10-13,18H,4-9H2,1-3H3;6-12H,4-5H2,1-3H3;10-12,17H,3-9H2,1-2H3;6-10H,4-5H2,1-3H3. The number of carbonyl (C=O) groups excluding carboxylic acids is 10. The highest BCUT2D eigenvalue weighted by atomic mass is 16.7. The maximum Gasteiger partial charge on any atom is 0.312 e. The largest absolute Gasteiger partial charge is 0.469 e. The smallest absolute Gasteiger partial charge is 0.312 e. The second-order valence-electron chi connectivity index (χ2n) is 53.0. The molecule has 33 unspecified atom stereocenters. The number of fused-ring (bicyclic) bond motifs is 20. The summed E-state index contributed by atoms with van der Waals surface area (Å²) in [5.41, 5.74) is -3.62. The Morgan fingerprint density at radius 1 is 0.413 bits per heavy atom. The molecule has 4 heterocycles. The normalized spacial score (nSPS) is 45.5. The van der Waals surface area contributed by atoms with Crippen LogP contribution < -0.4 is 0 Å². The Kier molecular flexibility index (Phi) is 29.2. The number of hydrogen-bond acceptors (Lipinski definition) is 23. The van der Waals surface area contributed by atoms with E-state index in [0.29, 0.717) is 85.4 Å². The summed E-state index contributed by atoms with van der Waals surface area (Å²) in [4.78, 5) is 122. The van der Waals surface area contributed by atoms with Gasteiger partial charge in [-0.05, 0) is 406 Å². The Morgan fingerprint density at radius 2 is 0.862 bits per heavy atom. The first-order chi connectivity index (χ1) is 65.1. The Labute approximate surface area is 825 Å². The zero-order valence-electron chi connectivity index (χ0n) is 88.4. The molecule has 0 spiro atoms. The van der Waals surface area contributed by atoms with E-state index in [4.69, 9.17) is 52.1 Å². The van der Waals surface area contributed by atoms with Crippen LogP contribution in [0.4, 0.5) is 0 Å². The van der Waals surface area contributed by atoms with Gasteiger partial charge in [-0.25, -0.2) is 0 Å². The first-order valence-electron chi connectivity index (χ1n) is 56.2. The van der Waals surface area contributed by atoms with Gasteiger partial charge in [0.25, 0.3) is 0 Å².